The Kier molecular flexibility index (Phi) is 5.51. The molecule has 3 fully saturated rings. The van der Waals surface area contributed by atoms with Crippen molar-refractivity contribution in [1.82, 2.24) is 0 Å². The molecule has 166 valence electrons. The predicted molar refractivity (Wildman–Crippen MR) is 113 cm³/mol. The van der Waals surface area contributed by atoms with E-state index in [9.17, 15) is 19.8 Å². The molecular formula is C22H26Cl3FO4. The maximum absolute atomic E-state index is 15.5. The quantitative estimate of drug-likeness (QED) is 0.604. The number of aliphatic hydroxyl groups excluding tert-OH is 2. The molecule has 4 aliphatic carbocycles. The van der Waals surface area contributed by atoms with Crippen molar-refractivity contribution in [3.05, 3.63) is 22.8 Å². The van der Waals surface area contributed by atoms with Crippen LogP contribution in [0.3, 0.4) is 0 Å². The average Bonchev–Trinajstić information content (AvgIpc) is 2.98. The summed E-state index contributed by atoms with van der Waals surface area (Å²) in [6, 6.07) is 0. The second-order valence-electron chi connectivity index (χ2n) is 9.80. The van der Waals surface area contributed by atoms with Crippen molar-refractivity contribution < 1.29 is 24.2 Å². The summed E-state index contributed by atoms with van der Waals surface area (Å²) in [6.45, 7) is 2.93. The number of carbonyl (C=O) groups excluding carboxylic acids is 2. The third-order valence-electron chi connectivity index (χ3n) is 8.55. The lowest BCUT2D eigenvalue weighted by Crippen LogP contribution is -2.66. The van der Waals surface area contributed by atoms with Crippen LogP contribution in [0.1, 0.15) is 33.1 Å². The molecule has 0 unspecified atom stereocenters. The highest BCUT2D eigenvalue weighted by Gasteiger charge is 2.72. The molecule has 4 nitrogen and oxygen atoms in total. The van der Waals surface area contributed by atoms with Gasteiger partial charge in [0.05, 0.1) is 15.3 Å². The summed E-state index contributed by atoms with van der Waals surface area (Å²) in [6.07, 6.45) is 2.39. The first kappa shape index (κ1) is 22.7. The van der Waals surface area contributed by atoms with E-state index < -0.39 is 51.5 Å². The molecule has 0 aliphatic heterocycles. The van der Waals surface area contributed by atoms with Gasteiger partial charge in [-0.2, -0.15) is 0 Å². The Labute approximate surface area is 190 Å². The third-order valence-corrected chi connectivity index (χ3v) is 10.4. The normalized spacial score (nSPS) is 50.2. The van der Waals surface area contributed by atoms with Crippen LogP contribution >= 0.6 is 34.8 Å². The molecule has 30 heavy (non-hydrogen) atoms. The summed E-state index contributed by atoms with van der Waals surface area (Å²) >= 11 is 20.5. The Morgan fingerprint density at radius 3 is 2.53 bits per heavy atom. The second kappa shape index (κ2) is 7.28. The number of Topliss-reactive ketones (excluding diaryl/α,β-unsaturated/α-hetero) is 1. The van der Waals surface area contributed by atoms with Gasteiger partial charge in [0.25, 0.3) is 0 Å². The molecule has 0 bridgehead atoms. The van der Waals surface area contributed by atoms with E-state index >= 15 is 4.39 Å². The lowest BCUT2D eigenvalue weighted by Gasteiger charge is -2.63. The molecule has 0 saturated heterocycles. The number of halogens is 4. The van der Waals surface area contributed by atoms with E-state index in [-0.39, 0.29) is 35.7 Å². The smallest absolute Gasteiger partial charge is 0.196 e. The maximum Gasteiger partial charge on any atom is 0.196 e. The monoisotopic (exact) mass is 478 g/mol. The van der Waals surface area contributed by atoms with Crippen LogP contribution in [0.15, 0.2) is 22.8 Å². The first-order valence-electron chi connectivity index (χ1n) is 10.3. The first-order valence-corrected chi connectivity index (χ1v) is 11.5. The summed E-state index contributed by atoms with van der Waals surface area (Å²) in [4.78, 5) is 23.7. The summed E-state index contributed by atoms with van der Waals surface area (Å²) in [5, 5.41) is 18.9. The van der Waals surface area contributed by atoms with Crippen LogP contribution in [0.5, 0.6) is 0 Å². The van der Waals surface area contributed by atoms with Crippen molar-refractivity contribution in [1.29, 1.82) is 0 Å². The number of aliphatic hydroxyl groups is 2. The van der Waals surface area contributed by atoms with Crippen molar-refractivity contribution in [2.45, 2.75) is 49.5 Å². The standard InChI is InChI=1S/C22H26Cl3FO4/c1-20-7-18(24)22(25)12(11(20)3-10(8-27)19(20)17(30)9-28)4-15(26)13-5-16(29)14(23)6-21(13,22)2/h5-6,10-12,15,18-19,27-28H,3-4,7-9H2,1-2H3/t10-,11-,12-,15+,18-,19+,20-,21-,22-/m0/s1. The average molecular weight is 480 g/mol. The highest BCUT2D eigenvalue weighted by Crippen LogP contribution is 2.71. The SMILES string of the molecule is C[C@]12C[C@H](Cl)[C@@]3(Cl)[C@@H](C[C@@H](F)C4=CC(=O)C(Cl)=C[C@@]43C)[C@@H]1C[C@@H](CO)[C@@H]2C(=O)CO. The van der Waals surface area contributed by atoms with Gasteiger partial charge >= 0.3 is 0 Å². The lowest BCUT2D eigenvalue weighted by atomic mass is 9.46. The Morgan fingerprint density at radius 1 is 1.27 bits per heavy atom. The van der Waals surface area contributed by atoms with E-state index in [0.29, 0.717) is 18.4 Å². The van der Waals surface area contributed by atoms with E-state index in [4.69, 9.17) is 34.8 Å². The van der Waals surface area contributed by atoms with Gasteiger partial charge in [-0.05, 0) is 60.2 Å². The van der Waals surface area contributed by atoms with Gasteiger partial charge in [-0.25, -0.2) is 4.39 Å². The molecule has 0 aromatic rings. The molecule has 0 aromatic carbocycles. The molecule has 2 N–H and O–H groups in total. The van der Waals surface area contributed by atoms with Crippen LogP contribution in [-0.4, -0.2) is 51.4 Å². The van der Waals surface area contributed by atoms with Gasteiger partial charge in [-0.3, -0.25) is 9.59 Å². The van der Waals surface area contributed by atoms with Crippen molar-refractivity contribution in [2.24, 2.45) is 34.5 Å². The summed E-state index contributed by atoms with van der Waals surface area (Å²) in [5.74, 6) is -2.21. The number of hydrogen-bond acceptors (Lipinski definition) is 4. The van der Waals surface area contributed by atoms with Crippen LogP contribution in [0.25, 0.3) is 0 Å². The summed E-state index contributed by atoms with van der Waals surface area (Å²) in [5.41, 5.74) is -1.36. The third kappa shape index (κ3) is 2.71. The molecule has 4 rings (SSSR count). The van der Waals surface area contributed by atoms with Gasteiger partial charge in [-0.1, -0.05) is 25.4 Å². The predicted octanol–water partition coefficient (Wildman–Crippen LogP) is 3.78. The van der Waals surface area contributed by atoms with E-state index in [2.05, 4.69) is 0 Å². The van der Waals surface area contributed by atoms with Crippen LogP contribution in [0.4, 0.5) is 4.39 Å². The molecule has 0 spiro atoms. The molecule has 0 radical (unpaired) electrons. The van der Waals surface area contributed by atoms with Crippen molar-refractivity contribution in [3.63, 3.8) is 0 Å². The van der Waals surface area contributed by atoms with E-state index in [0.717, 1.165) is 0 Å². The molecule has 0 amide bonds. The first-order chi connectivity index (χ1) is 14.0. The van der Waals surface area contributed by atoms with E-state index in [1.54, 1.807) is 13.0 Å². The molecule has 0 aromatic heterocycles. The number of carbonyl (C=O) groups is 2. The molecule has 9 atom stereocenters. The summed E-state index contributed by atoms with van der Waals surface area (Å²) in [7, 11) is 0. The Morgan fingerprint density at radius 2 is 1.93 bits per heavy atom. The van der Waals surface area contributed by atoms with E-state index in [1.165, 1.54) is 6.08 Å². The highest BCUT2D eigenvalue weighted by molar-refractivity contribution is 6.45. The fraction of sp³-hybridized carbons (Fsp3) is 0.727. The summed E-state index contributed by atoms with van der Waals surface area (Å²) < 4.78 is 15.5. The number of allylic oxidation sites excluding steroid dienone is 4. The molecule has 4 aliphatic rings. The second-order valence-corrected chi connectivity index (χ2v) is 11.4. The van der Waals surface area contributed by atoms with Crippen LogP contribution in [0, 0.1) is 34.5 Å². The maximum atomic E-state index is 15.5. The van der Waals surface area contributed by atoms with Gasteiger partial charge in [0.15, 0.2) is 11.6 Å². The highest BCUT2D eigenvalue weighted by atomic mass is 35.5. The van der Waals surface area contributed by atoms with Gasteiger partial charge in [0.1, 0.15) is 12.8 Å². The van der Waals surface area contributed by atoms with Crippen molar-refractivity contribution in [3.8, 4) is 0 Å². The van der Waals surface area contributed by atoms with E-state index in [1.807, 2.05) is 6.92 Å². The lowest BCUT2D eigenvalue weighted by molar-refractivity contribution is -0.134. The van der Waals surface area contributed by atoms with Gasteiger partial charge in [-0.15, -0.1) is 23.2 Å². The molecule has 3 saturated carbocycles. The Balaban J connectivity index is 1.86. The minimum Gasteiger partial charge on any atom is -0.396 e. The minimum atomic E-state index is -1.39. The van der Waals surface area contributed by atoms with Crippen LogP contribution in [0.2, 0.25) is 0 Å². The number of rotatable bonds is 3. The van der Waals surface area contributed by atoms with Crippen LogP contribution < -0.4 is 0 Å². The topological polar surface area (TPSA) is 74.6 Å². The van der Waals surface area contributed by atoms with Gasteiger partial charge in [0.2, 0.25) is 0 Å². The molecule has 0 heterocycles. The van der Waals surface area contributed by atoms with Gasteiger partial charge in [0, 0.05) is 17.9 Å². The van der Waals surface area contributed by atoms with Crippen molar-refractivity contribution >= 4 is 46.4 Å². The zero-order valence-electron chi connectivity index (χ0n) is 16.9. The molecule has 8 heteroatoms. The molecular weight excluding hydrogens is 454 g/mol. The van der Waals surface area contributed by atoms with Gasteiger partial charge < -0.3 is 10.2 Å². The zero-order chi connectivity index (χ0) is 22.2. The Bertz CT molecular complexity index is 859. The number of alkyl halides is 3. The number of ketones is 2. The zero-order valence-corrected chi connectivity index (χ0v) is 19.1. The number of hydrogen-bond donors (Lipinski definition) is 2. The largest absolute Gasteiger partial charge is 0.396 e. The van der Waals surface area contributed by atoms with Crippen LogP contribution in [-0.2, 0) is 9.59 Å². The fourth-order valence-electron chi connectivity index (χ4n) is 7.28. The fourth-order valence-corrected chi connectivity index (χ4v) is 8.76. The van der Waals surface area contributed by atoms with Crippen molar-refractivity contribution in [2.75, 3.05) is 13.2 Å². The minimum absolute atomic E-state index is 0.000631. The Hall–Kier alpha value is -0.460. The number of fused-ring (bicyclic) bond motifs is 5.